The van der Waals surface area contributed by atoms with E-state index in [0.717, 1.165) is 18.2 Å². The first kappa shape index (κ1) is 9.93. The van der Waals surface area contributed by atoms with Gasteiger partial charge < -0.3 is 5.11 Å². The molecule has 0 radical (unpaired) electrons. The fourth-order valence-corrected chi connectivity index (χ4v) is 0.966. The van der Waals surface area contributed by atoms with Crippen LogP contribution in [0.5, 0.6) is 0 Å². The SMILES string of the molecule is N#CC=Cc1cc(F)cc(C(=O)O)c1. The van der Waals surface area contributed by atoms with Crippen molar-refractivity contribution in [2.75, 3.05) is 0 Å². The second-order valence-electron chi connectivity index (χ2n) is 2.54. The van der Waals surface area contributed by atoms with Crippen LogP contribution >= 0.6 is 0 Å². The van der Waals surface area contributed by atoms with E-state index in [2.05, 4.69) is 0 Å². The first-order valence-corrected chi connectivity index (χ1v) is 3.73. The maximum atomic E-state index is 12.8. The normalized spacial score (nSPS) is 10.0. The van der Waals surface area contributed by atoms with Crippen LogP contribution in [-0.4, -0.2) is 11.1 Å². The van der Waals surface area contributed by atoms with Crippen molar-refractivity contribution >= 4 is 12.0 Å². The van der Waals surface area contributed by atoms with Crippen LogP contribution in [-0.2, 0) is 0 Å². The maximum Gasteiger partial charge on any atom is 0.335 e. The lowest BCUT2D eigenvalue weighted by atomic mass is 10.1. The average Bonchev–Trinajstić information content (AvgIpc) is 2.14. The van der Waals surface area contributed by atoms with Crippen LogP contribution in [0, 0.1) is 17.1 Å². The van der Waals surface area contributed by atoms with Crippen molar-refractivity contribution in [2.45, 2.75) is 0 Å². The van der Waals surface area contributed by atoms with Gasteiger partial charge in [-0.2, -0.15) is 5.26 Å². The molecule has 1 aromatic carbocycles. The summed E-state index contributed by atoms with van der Waals surface area (Å²) in [6.45, 7) is 0. The Bertz CT molecular complexity index is 432. The highest BCUT2D eigenvalue weighted by Crippen LogP contribution is 2.10. The fraction of sp³-hybridized carbons (Fsp3) is 0. The molecular weight excluding hydrogens is 185 g/mol. The van der Waals surface area contributed by atoms with Crippen LogP contribution in [0.15, 0.2) is 24.3 Å². The molecule has 14 heavy (non-hydrogen) atoms. The third-order valence-electron chi connectivity index (χ3n) is 1.52. The van der Waals surface area contributed by atoms with E-state index in [1.54, 1.807) is 6.07 Å². The lowest BCUT2D eigenvalue weighted by molar-refractivity contribution is 0.0696. The van der Waals surface area contributed by atoms with Gasteiger partial charge in [-0.25, -0.2) is 9.18 Å². The standard InChI is InChI=1S/C10H6FNO2/c11-9-5-7(2-1-3-12)4-8(6-9)10(13)14/h1-2,4-6H,(H,13,14). The lowest BCUT2D eigenvalue weighted by Gasteiger charge is -1.97. The Morgan fingerprint density at radius 2 is 2.21 bits per heavy atom. The smallest absolute Gasteiger partial charge is 0.335 e. The van der Waals surface area contributed by atoms with E-state index in [-0.39, 0.29) is 5.56 Å². The van der Waals surface area contributed by atoms with E-state index in [4.69, 9.17) is 10.4 Å². The number of carboxylic acid groups (broad SMARTS) is 1. The highest BCUT2D eigenvalue weighted by molar-refractivity contribution is 5.88. The van der Waals surface area contributed by atoms with E-state index >= 15 is 0 Å². The molecule has 0 aliphatic heterocycles. The number of hydrogen-bond donors (Lipinski definition) is 1. The molecule has 70 valence electrons. The van der Waals surface area contributed by atoms with Gasteiger partial charge in [0.2, 0.25) is 0 Å². The van der Waals surface area contributed by atoms with Crippen LogP contribution in [0.1, 0.15) is 15.9 Å². The maximum absolute atomic E-state index is 12.8. The molecule has 0 saturated carbocycles. The number of allylic oxidation sites excluding steroid dienone is 1. The first-order valence-electron chi connectivity index (χ1n) is 3.73. The van der Waals surface area contributed by atoms with Crippen molar-refractivity contribution in [1.29, 1.82) is 5.26 Å². The van der Waals surface area contributed by atoms with E-state index in [1.807, 2.05) is 0 Å². The highest BCUT2D eigenvalue weighted by atomic mass is 19.1. The molecule has 0 aromatic heterocycles. The topological polar surface area (TPSA) is 61.1 Å². The summed E-state index contributed by atoms with van der Waals surface area (Å²) in [6.07, 6.45) is 2.50. The van der Waals surface area contributed by atoms with E-state index in [9.17, 15) is 9.18 Å². The molecule has 0 aliphatic rings. The number of nitrogens with zero attached hydrogens (tertiary/aromatic N) is 1. The summed E-state index contributed by atoms with van der Waals surface area (Å²) in [5.74, 6) is -1.83. The molecule has 0 fully saturated rings. The van der Waals surface area contributed by atoms with Gasteiger partial charge in [0.15, 0.2) is 0 Å². The molecule has 0 aliphatic carbocycles. The van der Waals surface area contributed by atoms with E-state index in [0.29, 0.717) is 5.56 Å². The van der Waals surface area contributed by atoms with Crippen molar-refractivity contribution in [3.8, 4) is 6.07 Å². The fourth-order valence-electron chi connectivity index (χ4n) is 0.966. The van der Waals surface area contributed by atoms with Gasteiger partial charge in [0.05, 0.1) is 11.6 Å². The summed E-state index contributed by atoms with van der Waals surface area (Å²) in [4.78, 5) is 10.5. The molecule has 0 atom stereocenters. The monoisotopic (exact) mass is 191 g/mol. The van der Waals surface area contributed by atoms with Crippen LogP contribution in [0.4, 0.5) is 4.39 Å². The molecule has 3 nitrogen and oxygen atoms in total. The van der Waals surface area contributed by atoms with Gasteiger partial charge >= 0.3 is 5.97 Å². The number of rotatable bonds is 2. The molecule has 0 spiro atoms. The van der Waals surface area contributed by atoms with Crippen molar-refractivity contribution < 1.29 is 14.3 Å². The minimum Gasteiger partial charge on any atom is -0.478 e. The summed E-state index contributed by atoms with van der Waals surface area (Å²) >= 11 is 0. The molecule has 4 heteroatoms. The zero-order valence-corrected chi connectivity index (χ0v) is 7.07. The molecule has 1 rings (SSSR count). The zero-order chi connectivity index (χ0) is 10.6. The van der Waals surface area contributed by atoms with Gasteiger partial charge in [-0.15, -0.1) is 0 Å². The van der Waals surface area contributed by atoms with Crippen LogP contribution < -0.4 is 0 Å². The molecule has 0 heterocycles. The molecule has 0 amide bonds. The second-order valence-corrected chi connectivity index (χ2v) is 2.54. The first-order chi connectivity index (χ1) is 6.63. The van der Waals surface area contributed by atoms with Gasteiger partial charge in [0.25, 0.3) is 0 Å². The van der Waals surface area contributed by atoms with Gasteiger partial charge in [0, 0.05) is 6.08 Å². The Balaban J connectivity index is 3.15. The minimum atomic E-state index is -1.20. The minimum absolute atomic E-state index is 0.136. The quantitative estimate of drug-likeness (QED) is 0.728. The van der Waals surface area contributed by atoms with Crippen LogP contribution in [0.2, 0.25) is 0 Å². The molecule has 1 aromatic rings. The third-order valence-corrected chi connectivity index (χ3v) is 1.52. The van der Waals surface area contributed by atoms with Crippen molar-refractivity contribution in [3.63, 3.8) is 0 Å². The number of carboxylic acids is 1. The molecule has 0 bridgehead atoms. The van der Waals surface area contributed by atoms with Gasteiger partial charge in [-0.3, -0.25) is 0 Å². The average molecular weight is 191 g/mol. The van der Waals surface area contributed by atoms with Gasteiger partial charge in [0.1, 0.15) is 5.82 Å². The molecule has 0 saturated heterocycles. The number of hydrogen-bond acceptors (Lipinski definition) is 2. The highest BCUT2D eigenvalue weighted by Gasteiger charge is 2.05. The summed E-state index contributed by atoms with van der Waals surface area (Å²) < 4.78 is 12.8. The summed E-state index contributed by atoms with van der Waals surface area (Å²) in [5.41, 5.74) is 0.214. The third kappa shape index (κ3) is 2.42. The van der Waals surface area contributed by atoms with Crippen LogP contribution in [0.3, 0.4) is 0 Å². The molecule has 1 N–H and O–H groups in total. The number of nitriles is 1. The van der Waals surface area contributed by atoms with Crippen molar-refractivity contribution in [3.05, 3.63) is 41.2 Å². The zero-order valence-electron chi connectivity index (χ0n) is 7.07. The number of aromatic carboxylic acids is 1. The Kier molecular flexibility index (Phi) is 2.97. The van der Waals surface area contributed by atoms with Crippen molar-refractivity contribution in [2.24, 2.45) is 0 Å². The van der Waals surface area contributed by atoms with Crippen LogP contribution in [0.25, 0.3) is 6.08 Å². The predicted molar refractivity (Wildman–Crippen MR) is 48.0 cm³/mol. The summed E-state index contributed by atoms with van der Waals surface area (Å²) in [5, 5.41) is 16.8. The summed E-state index contributed by atoms with van der Waals surface area (Å²) in [6, 6.07) is 5.10. The summed E-state index contributed by atoms with van der Waals surface area (Å²) in [7, 11) is 0. The molecular formula is C10H6FNO2. The Morgan fingerprint density at radius 1 is 1.50 bits per heavy atom. The van der Waals surface area contributed by atoms with E-state index in [1.165, 1.54) is 12.1 Å². The number of halogens is 1. The second kappa shape index (κ2) is 4.19. The Morgan fingerprint density at radius 3 is 2.79 bits per heavy atom. The van der Waals surface area contributed by atoms with Gasteiger partial charge in [-0.1, -0.05) is 0 Å². The largest absolute Gasteiger partial charge is 0.478 e. The van der Waals surface area contributed by atoms with Crippen molar-refractivity contribution in [1.82, 2.24) is 0 Å². The van der Waals surface area contributed by atoms with E-state index < -0.39 is 11.8 Å². The van der Waals surface area contributed by atoms with Gasteiger partial charge in [-0.05, 0) is 29.8 Å². The lowest BCUT2D eigenvalue weighted by Crippen LogP contribution is -1.97. The molecule has 0 unspecified atom stereocenters. The Hall–Kier alpha value is -2.15. The number of carbonyl (C=O) groups is 1. The Labute approximate surface area is 79.7 Å². The predicted octanol–water partition coefficient (Wildman–Crippen LogP) is 2.06. The number of benzene rings is 1.